The molecule has 10 nitrogen and oxygen atoms in total. The molecule has 1 saturated heterocycles. The van der Waals surface area contributed by atoms with Crippen molar-refractivity contribution >= 4 is 38.3 Å². The van der Waals surface area contributed by atoms with Crippen molar-refractivity contribution in [3.63, 3.8) is 0 Å². The molecule has 0 bridgehead atoms. The molecule has 3 aromatic rings. The predicted molar refractivity (Wildman–Crippen MR) is 219 cm³/mol. The van der Waals surface area contributed by atoms with Gasteiger partial charge in [0.25, 0.3) is 11.8 Å². The first-order valence-electron chi connectivity index (χ1n) is 19.9. The number of fused-ring (bicyclic) bond motifs is 1. The zero-order valence-electron chi connectivity index (χ0n) is 33.4. The van der Waals surface area contributed by atoms with Crippen molar-refractivity contribution in [2.75, 3.05) is 39.8 Å². The highest BCUT2D eigenvalue weighted by Gasteiger charge is 2.29. The lowest BCUT2D eigenvalue weighted by atomic mass is 9.84. The Morgan fingerprint density at radius 3 is 2.35 bits per heavy atom. The number of piperazine rings is 1. The second-order valence-electron chi connectivity index (χ2n) is 15.3. The lowest BCUT2D eigenvalue weighted by Crippen LogP contribution is -2.48. The van der Waals surface area contributed by atoms with Gasteiger partial charge in [-0.05, 0) is 114 Å². The number of aromatic nitrogens is 2. The van der Waals surface area contributed by atoms with Crippen LogP contribution in [0.25, 0.3) is 16.5 Å². The number of carbonyl (C=O) groups excluding carboxylic acids is 2. The van der Waals surface area contributed by atoms with Crippen LogP contribution < -0.4 is 4.72 Å². The Morgan fingerprint density at radius 2 is 1.72 bits per heavy atom. The van der Waals surface area contributed by atoms with Gasteiger partial charge in [0, 0.05) is 67.6 Å². The van der Waals surface area contributed by atoms with Crippen LogP contribution in [0.2, 0.25) is 0 Å². The smallest absolute Gasteiger partial charge is 0.264 e. The first kappa shape index (κ1) is 41.1. The topological polar surface area (TPSA) is 106 Å². The van der Waals surface area contributed by atoms with Gasteiger partial charge in [-0.3, -0.25) is 14.5 Å². The zero-order valence-corrected chi connectivity index (χ0v) is 34.3. The van der Waals surface area contributed by atoms with E-state index in [1.54, 1.807) is 27.0 Å². The number of sulfonamides is 1. The Balaban J connectivity index is 1.64. The van der Waals surface area contributed by atoms with E-state index < -0.39 is 21.2 Å². The number of ether oxygens (including phenoxy) is 1. The van der Waals surface area contributed by atoms with Crippen molar-refractivity contribution in [2.45, 2.75) is 110 Å². The molecule has 11 heteroatoms. The molecule has 2 aliphatic rings. The van der Waals surface area contributed by atoms with Crippen LogP contribution in [0.5, 0.6) is 0 Å². The summed E-state index contributed by atoms with van der Waals surface area (Å²) in [7, 11) is -2.15. The Bertz CT molecular complexity index is 1970. The van der Waals surface area contributed by atoms with Crippen molar-refractivity contribution < 1.29 is 22.7 Å². The summed E-state index contributed by atoms with van der Waals surface area (Å²) in [5.41, 5.74) is 4.96. The SMILES string of the molecule is C/C=C\C(=C/C/C=C(\Cn1cc(C2CCCCC2)c2ccc(C(=O)NS(=O)(=O)C(C)C)cc21)c1c(C(=O)N2CCN(CCC)CC2)ccn1C(C)C)OC. The van der Waals surface area contributed by atoms with E-state index in [0.717, 1.165) is 66.8 Å². The standard InChI is InChI=1S/C43H61N5O5S/c1-8-14-36(53-7)18-13-17-35(41-38(21-23-48(41)31(3)4)43(50)46-26-24-45(22-9-2)25-27-46)29-47-30-39(33-15-11-10-12-16-33)37-20-19-34(28-40(37)47)42(49)44-54(51,52)32(5)6/h8,14,17-21,23,28,30-33H,9-13,15-16,22,24-27,29H2,1-7H3,(H,44,49)/b14-8-,35-17+,36-18+. The van der Waals surface area contributed by atoms with Gasteiger partial charge in [0.05, 0.1) is 23.6 Å². The molecule has 5 rings (SSSR count). The number of methoxy groups -OCH3 is 1. The second kappa shape index (κ2) is 18.5. The third-order valence-corrected chi connectivity index (χ3v) is 12.6. The fraction of sp³-hybridized carbons (Fsp3) is 0.535. The fourth-order valence-corrected chi connectivity index (χ4v) is 8.42. The van der Waals surface area contributed by atoms with E-state index in [1.165, 1.54) is 24.8 Å². The number of rotatable bonds is 15. The number of nitrogens with one attached hydrogen (secondary N) is 1. The van der Waals surface area contributed by atoms with Crippen LogP contribution in [-0.4, -0.2) is 84.2 Å². The molecule has 1 aliphatic heterocycles. The normalized spacial score (nSPS) is 17.0. The summed E-state index contributed by atoms with van der Waals surface area (Å²) in [6.45, 7) is 16.1. The predicted octanol–water partition coefficient (Wildman–Crippen LogP) is 8.29. The van der Waals surface area contributed by atoms with Gasteiger partial charge in [0.1, 0.15) is 5.76 Å². The summed E-state index contributed by atoms with van der Waals surface area (Å²) in [6.07, 6.45) is 19.8. The molecule has 54 heavy (non-hydrogen) atoms. The average Bonchev–Trinajstić information content (AvgIpc) is 3.76. The van der Waals surface area contributed by atoms with Gasteiger partial charge in [-0.25, -0.2) is 13.1 Å². The summed E-state index contributed by atoms with van der Waals surface area (Å²) >= 11 is 0. The molecule has 0 spiro atoms. The largest absolute Gasteiger partial charge is 0.497 e. The first-order valence-corrected chi connectivity index (χ1v) is 21.4. The van der Waals surface area contributed by atoms with Gasteiger partial charge in [-0.1, -0.05) is 44.4 Å². The molecular weight excluding hydrogens is 699 g/mol. The molecule has 1 aliphatic carbocycles. The summed E-state index contributed by atoms with van der Waals surface area (Å²) in [4.78, 5) is 32.2. The van der Waals surface area contributed by atoms with Gasteiger partial charge in [-0.15, -0.1) is 0 Å². The summed E-state index contributed by atoms with van der Waals surface area (Å²) in [5.74, 6) is 0.549. The van der Waals surface area contributed by atoms with Crippen molar-refractivity contribution in [1.29, 1.82) is 0 Å². The minimum absolute atomic E-state index is 0.0408. The van der Waals surface area contributed by atoms with E-state index in [2.05, 4.69) is 51.8 Å². The average molecular weight is 760 g/mol. The molecule has 0 unspecified atom stereocenters. The molecule has 3 heterocycles. The lowest BCUT2D eigenvalue weighted by molar-refractivity contribution is 0.0637. The summed E-state index contributed by atoms with van der Waals surface area (Å²) in [6, 6.07) is 7.60. The van der Waals surface area contributed by atoms with Gasteiger partial charge in [0.2, 0.25) is 10.0 Å². The van der Waals surface area contributed by atoms with E-state index in [1.807, 2.05) is 54.4 Å². The van der Waals surface area contributed by atoms with Gasteiger partial charge < -0.3 is 18.8 Å². The van der Waals surface area contributed by atoms with Gasteiger partial charge in [-0.2, -0.15) is 0 Å². The van der Waals surface area contributed by atoms with Crippen LogP contribution >= 0.6 is 0 Å². The number of carbonyl (C=O) groups is 2. The summed E-state index contributed by atoms with van der Waals surface area (Å²) in [5, 5.41) is 0.328. The highest BCUT2D eigenvalue weighted by atomic mass is 32.2. The fourth-order valence-electron chi connectivity index (χ4n) is 7.81. The van der Waals surface area contributed by atoms with E-state index in [0.29, 0.717) is 37.5 Å². The maximum absolute atomic E-state index is 14.4. The monoisotopic (exact) mass is 759 g/mol. The van der Waals surface area contributed by atoms with Crippen molar-refractivity contribution in [2.24, 2.45) is 0 Å². The minimum Gasteiger partial charge on any atom is -0.497 e. The third kappa shape index (κ3) is 9.58. The maximum atomic E-state index is 14.4. The lowest BCUT2D eigenvalue weighted by Gasteiger charge is -2.34. The van der Waals surface area contributed by atoms with E-state index in [-0.39, 0.29) is 17.5 Å². The van der Waals surface area contributed by atoms with Crippen LogP contribution in [0.1, 0.15) is 130 Å². The van der Waals surface area contributed by atoms with E-state index >= 15 is 0 Å². The first-order chi connectivity index (χ1) is 25.9. The van der Waals surface area contributed by atoms with Gasteiger partial charge in [0.15, 0.2) is 0 Å². The second-order valence-corrected chi connectivity index (χ2v) is 17.5. The van der Waals surface area contributed by atoms with Crippen LogP contribution in [0.3, 0.4) is 0 Å². The molecule has 0 radical (unpaired) electrons. The Kier molecular flexibility index (Phi) is 14.1. The molecule has 2 amide bonds. The molecular formula is C43H61N5O5S. The number of amides is 2. The Hall–Kier alpha value is -4.09. The molecule has 2 fully saturated rings. The molecule has 1 saturated carbocycles. The molecule has 2 aromatic heterocycles. The van der Waals surface area contributed by atoms with Crippen LogP contribution in [-0.2, 0) is 21.3 Å². The van der Waals surface area contributed by atoms with Crippen LogP contribution in [0.4, 0.5) is 0 Å². The van der Waals surface area contributed by atoms with Crippen LogP contribution in [0, 0.1) is 0 Å². The number of benzene rings is 1. The van der Waals surface area contributed by atoms with E-state index in [4.69, 9.17) is 4.74 Å². The molecule has 0 atom stereocenters. The van der Waals surface area contributed by atoms with Crippen LogP contribution in [0.15, 0.2) is 66.7 Å². The van der Waals surface area contributed by atoms with Crippen molar-refractivity contribution in [1.82, 2.24) is 23.7 Å². The van der Waals surface area contributed by atoms with Crippen molar-refractivity contribution in [3.05, 3.63) is 89.1 Å². The number of hydrogen-bond acceptors (Lipinski definition) is 6. The van der Waals surface area contributed by atoms with Gasteiger partial charge >= 0.3 is 0 Å². The Labute approximate surface area is 323 Å². The molecule has 1 aromatic carbocycles. The van der Waals surface area contributed by atoms with E-state index in [9.17, 15) is 18.0 Å². The quantitative estimate of drug-likeness (QED) is 0.124. The number of nitrogens with zero attached hydrogens (tertiary/aromatic N) is 4. The molecule has 1 N–H and O–H groups in total. The third-order valence-electron chi connectivity index (χ3n) is 10.9. The number of hydrogen-bond donors (Lipinski definition) is 1. The zero-order chi connectivity index (χ0) is 39.0. The maximum Gasteiger partial charge on any atom is 0.264 e. The minimum atomic E-state index is -3.81. The highest BCUT2D eigenvalue weighted by molar-refractivity contribution is 7.90. The molecule has 294 valence electrons. The van der Waals surface area contributed by atoms with Crippen molar-refractivity contribution in [3.8, 4) is 0 Å². The Morgan fingerprint density at radius 1 is 1.00 bits per heavy atom. The summed E-state index contributed by atoms with van der Waals surface area (Å²) < 4.78 is 37.6. The number of allylic oxidation sites excluding steroid dienone is 5. The highest BCUT2D eigenvalue weighted by Crippen LogP contribution is 2.39.